The molecule has 8 atom stereocenters. The maximum Gasteiger partial charge on any atom is 0.313 e. The van der Waals surface area contributed by atoms with Gasteiger partial charge in [0.05, 0.1) is 78.2 Å². The summed E-state index contributed by atoms with van der Waals surface area (Å²) in [5.74, 6) is -7.88. The quantitative estimate of drug-likeness (QED) is 0.0305. The molecule has 8 unspecified atom stereocenters. The number of ether oxygens (including phenoxy) is 6. The second kappa shape index (κ2) is 58.9. The van der Waals surface area contributed by atoms with E-state index in [-0.39, 0.29) is 164 Å². The number of hydrogen-bond donors (Lipinski definition) is 5. The third kappa shape index (κ3) is 41.8. The Morgan fingerprint density at radius 2 is 0.602 bits per heavy atom. The number of carbonyl (C=O) groups is 9. The predicted octanol–water partition coefficient (Wildman–Crippen LogP) is 16.6. The Labute approximate surface area is 515 Å². The van der Waals surface area contributed by atoms with Crippen LogP contribution in [-0.4, -0.2) is 121 Å². The Morgan fingerprint density at radius 1 is 0.349 bits per heavy atom. The van der Waals surface area contributed by atoms with Gasteiger partial charge in [0.2, 0.25) is 0 Å². The van der Waals surface area contributed by atoms with Gasteiger partial charge in [0.25, 0.3) is 0 Å². The number of aliphatic hydroxyl groups is 2. The van der Waals surface area contributed by atoms with E-state index in [0.29, 0.717) is 25.7 Å². The van der Waals surface area contributed by atoms with Crippen LogP contribution in [-0.2, 0) is 71.6 Å². The van der Waals surface area contributed by atoms with Crippen LogP contribution in [0.2, 0.25) is 0 Å². The van der Waals surface area contributed by atoms with Gasteiger partial charge in [0, 0.05) is 0 Å². The molecule has 0 saturated carbocycles. The molecule has 0 bridgehead atoms. The van der Waals surface area contributed by atoms with Crippen LogP contribution in [0.25, 0.3) is 0 Å². The lowest BCUT2D eigenvalue weighted by molar-refractivity contribution is -0.172. The standard InChI is InChI=1S/C20H34O9.C16H28O7.C10H18O4.17CH4/c1-8-18(3,16(25)28-7)10-20(5,15(23)24)11-19(4,17(26)29-12-21)9-13(2)14(22)27-6;1-7-15(4,13(21)22-6)9-16(5,11(18)19)8-14(2,3)12(20)23-10-17;1-5-10(3,9(13)14-4)6-7(2)8(11)12;;;;;;;;;;;;;;;;;/h13,21H,8-12H2,1-7H3,(H,23,24);17H,7-10H2,1-6H3,(H,18,19);7H,5-6H2,1-4H3,(H,11,12);17*1H4. The summed E-state index contributed by atoms with van der Waals surface area (Å²) in [5, 5.41) is 46.1. The van der Waals surface area contributed by atoms with Crippen LogP contribution in [0.4, 0.5) is 0 Å². The zero-order valence-electron chi connectivity index (χ0n) is 42.3. The molecule has 0 spiro atoms. The van der Waals surface area contributed by atoms with Crippen LogP contribution in [0.3, 0.4) is 0 Å². The number of methoxy groups -OCH3 is 4. The van der Waals surface area contributed by atoms with Crippen LogP contribution in [0.1, 0.15) is 274 Å². The van der Waals surface area contributed by atoms with E-state index in [2.05, 4.69) is 9.47 Å². The van der Waals surface area contributed by atoms with Gasteiger partial charge in [0.15, 0.2) is 13.6 Å². The largest absolute Gasteiger partial charge is 0.481 e. The van der Waals surface area contributed by atoms with Gasteiger partial charge in [-0.15, -0.1) is 0 Å². The van der Waals surface area contributed by atoms with Crippen molar-refractivity contribution in [3.63, 3.8) is 0 Å². The topological polar surface area (TPSA) is 310 Å². The first-order chi connectivity index (χ1) is 30.0. The first-order valence-corrected chi connectivity index (χ1v) is 21.6. The van der Waals surface area contributed by atoms with Gasteiger partial charge in [-0.25, -0.2) is 0 Å². The van der Waals surface area contributed by atoms with Crippen LogP contribution in [0, 0.1) is 49.7 Å². The zero-order chi connectivity index (χ0) is 52.9. The molecule has 0 aliphatic heterocycles. The first kappa shape index (κ1) is 138. The minimum atomic E-state index is -1.52. The molecule has 0 aliphatic rings. The molecule has 520 valence electrons. The van der Waals surface area contributed by atoms with Crippen molar-refractivity contribution in [2.24, 2.45) is 49.7 Å². The van der Waals surface area contributed by atoms with Gasteiger partial charge >= 0.3 is 53.7 Å². The summed E-state index contributed by atoms with van der Waals surface area (Å²) in [6, 6.07) is 0. The molecule has 0 aliphatic carbocycles. The van der Waals surface area contributed by atoms with Crippen LogP contribution < -0.4 is 0 Å². The molecular weight excluding hydrogens is 1080 g/mol. The van der Waals surface area contributed by atoms with Gasteiger partial charge in [-0.2, -0.15) is 0 Å². The average molecular weight is 1230 g/mol. The number of carbonyl (C=O) groups excluding carboxylic acids is 6. The van der Waals surface area contributed by atoms with Gasteiger partial charge < -0.3 is 54.0 Å². The lowest BCUT2D eigenvalue weighted by Crippen LogP contribution is -2.45. The third-order valence-electron chi connectivity index (χ3n) is 12.6. The van der Waals surface area contributed by atoms with Crippen LogP contribution >= 0.6 is 0 Å². The van der Waals surface area contributed by atoms with Gasteiger partial charge in [-0.1, -0.05) is 161 Å². The smallest absolute Gasteiger partial charge is 0.313 e. The molecule has 0 aromatic heterocycles. The van der Waals surface area contributed by atoms with E-state index < -0.39 is 111 Å². The Balaban J connectivity index is -0.0000000376. The molecule has 0 fully saturated rings. The number of hydrogen-bond acceptors (Lipinski definition) is 17. The predicted molar refractivity (Wildman–Crippen MR) is 351 cm³/mol. The highest BCUT2D eigenvalue weighted by molar-refractivity contribution is 5.83. The number of carboxylic acid groups (broad SMARTS) is 3. The van der Waals surface area contributed by atoms with Crippen molar-refractivity contribution in [3.8, 4) is 0 Å². The van der Waals surface area contributed by atoms with Crippen LogP contribution in [0.5, 0.6) is 0 Å². The Kier molecular flexibility index (Phi) is 97.6. The SMILES string of the molecule is C.C.C.C.C.C.C.C.C.C.C.C.C.C.C.C.C.CCC(C)(CC(C)(CC(C)(C)C(=O)OCO)C(=O)O)C(=O)OC.CCC(C)(CC(C)(CC(C)(CC(C)C(=O)OC)C(=O)OCO)C(=O)O)C(=O)OC.CCC(C)(CC(C)C(=O)O)C(=O)OC. The van der Waals surface area contributed by atoms with Crippen molar-refractivity contribution < 1.29 is 97.1 Å². The van der Waals surface area contributed by atoms with Crippen molar-refractivity contribution in [3.05, 3.63) is 0 Å². The highest BCUT2D eigenvalue weighted by Gasteiger charge is 2.52. The molecule has 0 aromatic carbocycles. The minimum Gasteiger partial charge on any atom is -0.481 e. The molecule has 0 aromatic rings. The highest BCUT2D eigenvalue weighted by atomic mass is 16.6. The highest BCUT2D eigenvalue weighted by Crippen LogP contribution is 2.48. The normalized spacial score (nSPS) is 13.9. The summed E-state index contributed by atoms with van der Waals surface area (Å²) >= 11 is 0. The number of carboxylic acids is 3. The van der Waals surface area contributed by atoms with E-state index in [9.17, 15) is 53.4 Å². The molecular formula is C63H148O20. The van der Waals surface area contributed by atoms with Gasteiger partial charge in [0.1, 0.15) is 0 Å². The summed E-state index contributed by atoms with van der Waals surface area (Å²) in [6.45, 7) is 19.4. The molecule has 0 heterocycles. The second-order valence-electron chi connectivity index (χ2n) is 19.3. The minimum absolute atomic E-state index is 0. The van der Waals surface area contributed by atoms with Gasteiger partial charge in [-0.3, -0.25) is 43.2 Å². The van der Waals surface area contributed by atoms with Crippen molar-refractivity contribution in [1.82, 2.24) is 0 Å². The fraction of sp³-hybridized carbons (Fsp3) is 0.857. The third-order valence-corrected chi connectivity index (χ3v) is 12.6. The summed E-state index contributed by atoms with van der Waals surface area (Å²) in [4.78, 5) is 107. The first-order valence-electron chi connectivity index (χ1n) is 21.6. The zero-order valence-corrected chi connectivity index (χ0v) is 42.3. The maximum atomic E-state index is 12.6. The maximum absolute atomic E-state index is 12.6. The monoisotopic (exact) mass is 1230 g/mol. The lowest BCUT2D eigenvalue weighted by Gasteiger charge is -2.40. The van der Waals surface area contributed by atoms with Crippen LogP contribution in [0.15, 0.2) is 0 Å². The fourth-order valence-electron chi connectivity index (χ4n) is 8.29. The molecule has 0 saturated heterocycles. The van der Waals surface area contributed by atoms with Crippen molar-refractivity contribution in [1.29, 1.82) is 0 Å². The Morgan fingerprint density at radius 3 is 0.843 bits per heavy atom. The molecule has 0 rings (SSSR count). The summed E-state index contributed by atoms with van der Waals surface area (Å²) in [5.41, 5.74) is -8.15. The average Bonchev–Trinajstić information content (AvgIpc) is 3.24. The summed E-state index contributed by atoms with van der Waals surface area (Å²) < 4.78 is 28.3. The number of rotatable bonds is 26. The molecule has 5 N–H and O–H groups in total. The fourth-order valence-corrected chi connectivity index (χ4v) is 8.29. The number of aliphatic hydroxyl groups excluding tert-OH is 2. The second-order valence-corrected chi connectivity index (χ2v) is 19.3. The van der Waals surface area contributed by atoms with E-state index >= 15 is 0 Å². The van der Waals surface area contributed by atoms with E-state index in [1.54, 1.807) is 62.3 Å². The molecule has 83 heavy (non-hydrogen) atoms. The number of aliphatic carboxylic acids is 3. The summed E-state index contributed by atoms with van der Waals surface area (Å²) in [6.07, 6.45) is 1.25. The lowest BCUT2D eigenvalue weighted by atomic mass is 9.63. The van der Waals surface area contributed by atoms with E-state index in [1.165, 1.54) is 49.2 Å². The van der Waals surface area contributed by atoms with E-state index in [0.717, 1.165) is 0 Å². The molecule has 20 heteroatoms. The van der Waals surface area contributed by atoms with Crippen molar-refractivity contribution in [2.75, 3.05) is 42.0 Å². The van der Waals surface area contributed by atoms with Crippen molar-refractivity contribution >= 4 is 53.7 Å². The summed E-state index contributed by atoms with van der Waals surface area (Å²) in [7, 11) is 5.03. The van der Waals surface area contributed by atoms with E-state index in [4.69, 9.17) is 34.3 Å². The van der Waals surface area contributed by atoms with E-state index in [1.807, 2.05) is 6.92 Å². The van der Waals surface area contributed by atoms with Gasteiger partial charge in [-0.05, 0) is 113 Å². The Hall–Kier alpha value is -4.85. The molecule has 0 amide bonds. The Bertz CT molecular complexity index is 1670. The van der Waals surface area contributed by atoms with Crippen molar-refractivity contribution in [2.45, 2.75) is 274 Å². The molecule has 20 nitrogen and oxygen atoms in total. The molecule has 0 radical (unpaired) electrons. The number of esters is 6.